The number of hydrogen-bond donors (Lipinski definition) is 1. The normalized spacial score (nSPS) is 20.5. The second-order valence-electron chi connectivity index (χ2n) is 9.89. The Morgan fingerprint density at radius 1 is 1.00 bits per heavy atom. The summed E-state index contributed by atoms with van der Waals surface area (Å²) in [6, 6.07) is 22.1. The van der Waals surface area contributed by atoms with Gasteiger partial charge in [0.15, 0.2) is 0 Å². The van der Waals surface area contributed by atoms with Crippen LogP contribution in [-0.4, -0.2) is 46.9 Å². The average Bonchev–Trinajstić information content (AvgIpc) is 3.55. The second kappa shape index (κ2) is 11.1. The van der Waals surface area contributed by atoms with Crippen molar-refractivity contribution in [2.75, 3.05) is 19.6 Å². The van der Waals surface area contributed by atoms with Crippen molar-refractivity contribution in [2.45, 2.75) is 44.7 Å². The molecule has 1 atom stereocenters. The predicted molar refractivity (Wildman–Crippen MR) is 143 cm³/mol. The van der Waals surface area contributed by atoms with Crippen molar-refractivity contribution in [3.8, 4) is 23.2 Å². The molecule has 0 radical (unpaired) electrons. The van der Waals surface area contributed by atoms with Gasteiger partial charge in [-0.1, -0.05) is 60.5 Å². The van der Waals surface area contributed by atoms with Gasteiger partial charge in [0.1, 0.15) is 11.3 Å². The molecule has 0 unspecified atom stereocenters. The van der Waals surface area contributed by atoms with Crippen molar-refractivity contribution in [3.05, 3.63) is 84.1 Å². The molecule has 1 N–H and O–H groups in total. The summed E-state index contributed by atoms with van der Waals surface area (Å²) in [6.07, 6.45) is 4.71. The number of amides is 3. The lowest BCUT2D eigenvalue weighted by Gasteiger charge is -2.41. The third-order valence-corrected chi connectivity index (χ3v) is 7.75. The summed E-state index contributed by atoms with van der Waals surface area (Å²) in [7, 11) is 0. The van der Waals surface area contributed by atoms with Gasteiger partial charge >= 0.3 is 6.03 Å². The van der Waals surface area contributed by atoms with Crippen LogP contribution < -0.4 is 5.32 Å². The van der Waals surface area contributed by atoms with E-state index in [4.69, 9.17) is 4.42 Å². The first-order valence-electron chi connectivity index (χ1n) is 13.0. The Kier molecular flexibility index (Phi) is 7.43. The van der Waals surface area contributed by atoms with Crippen LogP contribution in [0.2, 0.25) is 0 Å². The minimum atomic E-state index is -0.888. The maximum atomic E-state index is 13.8. The maximum Gasteiger partial charge on any atom is 0.325 e. The number of urea groups is 1. The van der Waals surface area contributed by atoms with Crippen molar-refractivity contribution < 1.29 is 14.0 Å². The fourth-order valence-electron chi connectivity index (χ4n) is 5.74. The molecule has 6 heteroatoms. The molecule has 0 spiro atoms. The van der Waals surface area contributed by atoms with E-state index in [9.17, 15) is 9.59 Å². The molecule has 3 heterocycles. The van der Waals surface area contributed by atoms with E-state index >= 15 is 0 Å². The highest BCUT2D eigenvalue weighted by Crippen LogP contribution is 2.38. The lowest BCUT2D eigenvalue weighted by atomic mass is 9.74. The lowest BCUT2D eigenvalue weighted by Crippen LogP contribution is -2.56. The summed E-state index contributed by atoms with van der Waals surface area (Å²) in [4.78, 5) is 30.4. The number of carbonyl (C=O) groups excluding carboxylic acids is 2. The molecule has 190 valence electrons. The third-order valence-electron chi connectivity index (χ3n) is 7.75. The van der Waals surface area contributed by atoms with Crippen molar-refractivity contribution in [1.82, 2.24) is 15.1 Å². The van der Waals surface area contributed by atoms with E-state index in [0.29, 0.717) is 6.42 Å². The van der Waals surface area contributed by atoms with Crippen LogP contribution in [0.1, 0.15) is 37.3 Å². The number of carbonyl (C=O) groups is 2. The second-order valence-corrected chi connectivity index (χ2v) is 9.89. The number of aryl methyl sites for hydroxylation is 1. The van der Waals surface area contributed by atoms with Gasteiger partial charge in [0.2, 0.25) is 0 Å². The first-order valence-corrected chi connectivity index (χ1v) is 13.0. The zero-order valence-electron chi connectivity index (χ0n) is 21.3. The van der Waals surface area contributed by atoms with Gasteiger partial charge in [0, 0.05) is 12.1 Å². The van der Waals surface area contributed by atoms with E-state index in [-0.39, 0.29) is 24.4 Å². The first-order chi connectivity index (χ1) is 18.1. The molecule has 2 aliphatic rings. The van der Waals surface area contributed by atoms with Crippen LogP contribution in [0.4, 0.5) is 4.79 Å². The molecule has 6 nitrogen and oxygen atoms in total. The SMILES string of the molecule is CC#CCN1C(=O)N[C@@](CCc2ccccc2)(C2CCN(Cc3ccccc3-c3ccco3)CC2)C1=O. The number of imide groups is 1. The summed E-state index contributed by atoms with van der Waals surface area (Å²) < 4.78 is 5.66. The van der Waals surface area contributed by atoms with Crippen LogP contribution in [0.15, 0.2) is 77.4 Å². The zero-order valence-corrected chi connectivity index (χ0v) is 21.3. The van der Waals surface area contributed by atoms with Crippen LogP contribution in [0.3, 0.4) is 0 Å². The van der Waals surface area contributed by atoms with Gasteiger partial charge in [-0.25, -0.2) is 4.79 Å². The van der Waals surface area contributed by atoms with Crippen LogP contribution in [0.25, 0.3) is 11.3 Å². The quantitative estimate of drug-likeness (QED) is 0.349. The molecule has 2 aliphatic heterocycles. The predicted octanol–water partition coefficient (Wildman–Crippen LogP) is 5.11. The van der Waals surface area contributed by atoms with Gasteiger partial charge < -0.3 is 9.73 Å². The summed E-state index contributed by atoms with van der Waals surface area (Å²) in [6.45, 7) is 4.40. The molecule has 5 rings (SSSR count). The monoisotopic (exact) mass is 495 g/mol. The number of piperidine rings is 1. The van der Waals surface area contributed by atoms with E-state index in [1.165, 1.54) is 16.0 Å². The zero-order chi connectivity index (χ0) is 25.7. The Hall–Kier alpha value is -3.82. The summed E-state index contributed by atoms with van der Waals surface area (Å²) >= 11 is 0. The van der Waals surface area contributed by atoms with E-state index in [1.807, 2.05) is 36.4 Å². The molecule has 2 saturated heterocycles. The minimum Gasteiger partial charge on any atom is -0.464 e. The molecule has 3 amide bonds. The third kappa shape index (κ3) is 5.19. The fraction of sp³-hybridized carbons (Fsp3) is 0.355. The Balaban J connectivity index is 1.32. The van der Waals surface area contributed by atoms with E-state index in [0.717, 1.165) is 50.2 Å². The molecular weight excluding hydrogens is 462 g/mol. The number of hydrogen-bond acceptors (Lipinski definition) is 4. The lowest BCUT2D eigenvalue weighted by molar-refractivity contribution is -0.134. The number of benzene rings is 2. The Morgan fingerprint density at radius 3 is 2.49 bits per heavy atom. The number of furan rings is 1. The minimum absolute atomic E-state index is 0.0730. The van der Waals surface area contributed by atoms with Gasteiger partial charge in [-0.15, -0.1) is 5.92 Å². The Bertz CT molecular complexity index is 1280. The van der Waals surface area contributed by atoms with Crippen LogP contribution in [-0.2, 0) is 17.8 Å². The summed E-state index contributed by atoms with van der Waals surface area (Å²) in [5, 5.41) is 3.15. The molecule has 2 aromatic carbocycles. The molecule has 0 bridgehead atoms. The summed E-state index contributed by atoms with van der Waals surface area (Å²) in [5.74, 6) is 6.52. The Labute approximate surface area is 218 Å². The van der Waals surface area contributed by atoms with Gasteiger partial charge in [-0.3, -0.25) is 14.6 Å². The highest BCUT2D eigenvalue weighted by molar-refractivity contribution is 6.07. The van der Waals surface area contributed by atoms with E-state index in [2.05, 4.69) is 52.4 Å². The number of nitrogens with one attached hydrogen (secondary N) is 1. The number of rotatable bonds is 8. The van der Waals surface area contributed by atoms with Gasteiger partial charge in [0.05, 0.1) is 12.8 Å². The van der Waals surface area contributed by atoms with Crippen molar-refractivity contribution in [2.24, 2.45) is 5.92 Å². The molecule has 3 aromatic rings. The van der Waals surface area contributed by atoms with E-state index < -0.39 is 5.54 Å². The molecule has 0 aliphatic carbocycles. The fourth-order valence-corrected chi connectivity index (χ4v) is 5.74. The maximum absolute atomic E-state index is 13.8. The van der Waals surface area contributed by atoms with Crippen molar-refractivity contribution >= 4 is 11.9 Å². The molecule has 37 heavy (non-hydrogen) atoms. The molecule has 2 fully saturated rings. The molecule has 1 aromatic heterocycles. The van der Waals surface area contributed by atoms with Gasteiger partial charge in [0.25, 0.3) is 5.91 Å². The molecular formula is C31H33N3O3. The topological polar surface area (TPSA) is 65.8 Å². The smallest absolute Gasteiger partial charge is 0.325 e. The first kappa shape index (κ1) is 24.9. The van der Waals surface area contributed by atoms with E-state index in [1.54, 1.807) is 13.2 Å². The standard InChI is InChI=1S/C31H33N3O3/c1-2-3-19-34-29(35)31(32-30(34)36,18-15-24-10-5-4-6-11-24)26-16-20-33(21-17-26)23-25-12-7-8-13-27(25)28-14-9-22-37-28/h4-14,22,26H,15-21,23H2,1H3,(H,32,36)/t31-/m0/s1. The highest BCUT2D eigenvalue weighted by Gasteiger charge is 2.55. The highest BCUT2D eigenvalue weighted by atomic mass is 16.3. The number of likely N-dealkylation sites (tertiary alicyclic amines) is 1. The largest absolute Gasteiger partial charge is 0.464 e. The van der Waals surface area contributed by atoms with Crippen LogP contribution in [0.5, 0.6) is 0 Å². The summed E-state index contributed by atoms with van der Waals surface area (Å²) in [5.41, 5.74) is 2.62. The van der Waals surface area contributed by atoms with Gasteiger partial charge in [-0.2, -0.15) is 0 Å². The number of nitrogens with zero attached hydrogens (tertiary/aromatic N) is 2. The Morgan fingerprint density at radius 2 is 1.76 bits per heavy atom. The van der Waals surface area contributed by atoms with Crippen LogP contribution in [0, 0.1) is 17.8 Å². The molecule has 0 saturated carbocycles. The van der Waals surface area contributed by atoms with Crippen LogP contribution >= 0.6 is 0 Å². The van der Waals surface area contributed by atoms with Crippen molar-refractivity contribution in [1.29, 1.82) is 0 Å². The van der Waals surface area contributed by atoms with Gasteiger partial charge in [-0.05, 0) is 74.9 Å². The average molecular weight is 496 g/mol. The van der Waals surface area contributed by atoms with Crippen molar-refractivity contribution in [3.63, 3.8) is 0 Å².